The van der Waals surface area contributed by atoms with Crippen LogP contribution in [0.3, 0.4) is 0 Å². The van der Waals surface area contributed by atoms with E-state index in [2.05, 4.69) is 5.32 Å². The number of amides is 2. The summed E-state index contributed by atoms with van der Waals surface area (Å²) in [4.78, 5) is 29.1. The van der Waals surface area contributed by atoms with Gasteiger partial charge in [-0.2, -0.15) is 0 Å². The number of halogens is 2. The van der Waals surface area contributed by atoms with Gasteiger partial charge in [0.2, 0.25) is 11.8 Å². The molecule has 1 N–H and O–H groups in total. The maximum absolute atomic E-state index is 14.2. The summed E-state index contributed by atoms with van der Waals surface area (Å²) in [6, 6.07) is 17.5. The van der Waals surface area contributed by atoms with Crippen molar-refractivity contribution in [1.29, 1.82) is 0 Å². The van der Waals surface area contributed by atoms with Crippen LogP contribution in [-0.2, 0) is 26.2 Å². The maximum Gasteiger partial charge on any atom is 0.264 e. The lowest BCUT2D eigenvalue weighted by Crippen LogP contribution is -2.54. The number of carbonyl (C=O) groups is 2. The molecule has 224 valence electrons. The minimum atomic E-state index is -4.19. The maximum atomic E-state index is 14.2. The molecule has 10 heteroatoms. The number of hydrogen-bond acceptors (Lipinski definition) is 4. The van der Waals surface area contributed by atoms with Crippen LogP contribution >= 0.6 is 11.6 Å². The normalized spacial score (nSPS) is 14.7. The molecular weight excluding hydrogens is 577 g/mol. The third-order valence-corrected chi connectivity index (χ3v) is 9.61. The Hall–Kier alpha value is -3.43. The number of nitrogens with one attached hydrogen (secondary N) is 1. The van der Waals surface area contributed by atoms with Crippen molar-refractivity contribution >= 4 is 39.1 Å². The fourth-order valence-electron chi connectivity index (χ4n) is 5.30. The first kappa shape index (κ1) is 31.5. The molecule has 1 fully saturated rings. The highest BCUT2D eigenvalue weighted by atomic mass is 35.5. The third kappa shape index (κ3) is 7.89. The van der Waals surface area contributed by atoms with Gasteiger partial charge in [0, 0.05) is 17.6 Å². The number of aryl methyl sites for hydroxylation is 1. The van der Waals surface area contributed by atoms with Crippen LogP contribution in [0.4, 0.5) is 10.1 Å². The average Bonchev–Trinajstić information content (AvgIpc) is 2.97. The average molecular weight is 614 g/mol. The Balaban J connectivity index is 1.70. The summed E-state index contributed by atoms with van der Waals surface area (Å²) >= 11 is 6.01. The first-order valence-corrected chi connectivity index (χ1v) is 16.1. The second-order valence-corrected chi connectivity index (χ2v) is 13.0. The minimum Gasteiger partial charge on any atom is -0.352 e. The van der Waals surface area contributed by atoms with Gasteiger partial charge >= 0.3 is 0 Å². The molecule has 4 rings (SSSR count). The zero-order valence-electron chi connectivity index (χ0n) is 23.9. The van der Waals surface area contributed by atoms with Crippen molar-refractivity contribution in [3.8, 4) is 0 Å². The van der Waals surface area contributed by atoms with Crippen molar-refractivity contribution in [2.45, 2.75) is 75.9 Å². The van der Waals surface area contributed by atoms with E-state index in [4.69, 9.17) is 11.6 Å². The van der Waals surface area contributed by atoms with Crippen LogP contribution in [-0.4, -0.2) is 43.8 Å². The topological polar surface area (TPSA) is 86.8 Å². The van der Waals surface area contributed by atoms with Crippen LogP contribution in [0.15, 0.2) is 77.7 Å². The highest BCUT2D eigenvalue weighted by Gasteiger charge is 2.34. The molecule has 3 aromatic rings. The Morgan fingerprint density at radius 1 is 1.00 bits per heavy atom. The van der Waals surface area contributed by atoms with E-state index in [9.17, 15) is 22.4 Å². The Kier molecular flexibility index (Phi) is 10.6. The van der Waals surface area contributed by atoms with Crippen molar-refractivity contribution in [2.75, 3.05) is 10.8 Å². The van der Waals surface area contributed by atoms with Crippen molar-refractivity contribution < 1.29 is 22.4 Å². The van der Waals surface area contributed by atoms with Crippen LogP contribution in [0.5, 0.6) is 0 Å². The molecule has 1 saturated carbocycles. The van der Waals surface area contributed by atoms with Gasteiger partial charge in [-0.25, -0.2) is 12.8 Å². The SMILES string of the molecule is CCC(C(=O)NC1CCCCC1)N(Cc1ccc(F)cc1)C(=O)CN(c1cccc(C)c1)S(=O)(=O)c1ccc(Cl)cc1. The first-order chi connectivity index (χ1) is 20.1. The highest BCUT2D eigenvalue weighted by molar-refractivity contribution is 7.92. The van der Waals surface area contributed by atoms with Crippen molar-refractivity contribution in [3.63, 3.8) is 0 Å². The quantitative estimate of drug-likeness (QED) is 0.277. The predicted molar refractivity (Wildman–Crippen MR) is 163 cm³/mol. The van der Waals surface area contributed by atoms with Crippen molar-refractivity contribution in [3.05, 3.63) is 94.8 Å². The number of nitrogens with zero attached hydrogens (tertiary/aromatic N) is 2. The fourth-order valence-corrected chi connectivity index (χ4v) is 6.83. The molecule has 0 heterocycles. The zero-order chi connectivity index (χ0) is 30.3. The van der Waals surface area contributed by atoms with Gasteiger partial charge in [-0.15, -0.1) is 0 Å². The number of carbonyl (C=O) groups excluding carboxylic acids is 2. The Labute approximate surface area is 252 Å². The van der Waals surface area contributed by atoms with Crippen molar-refractivity contribution in [2.24, 2.45) is 0 Å². The van der Waals surface area contributed by atoms with Crippen molar-refractivity contribution in [1.82, 2.24) is 10.2 Å². The van der Waals surface area contributed by atoms with E-state index in [1.54, 1.807) is 30.3 Å². The fraction of sp³-hybridized carbons (Fsp3) is 0.375. The van der Waals surface area contributed by atoms with Crippen LogP contribution < -0.4 is 9.62 Å². The summed E-state index contributed by atoms with van der Waals surface area (Å²) in [6.07, 6.45) is 5.29. The smallest absolute Gasteiger partial charge is 0.264 e. The summed E-state index contributed by atoms with van der Waals surface area (Å²) in [5.74, 6) is -1.25. The number of sulfonamides is 1. The molecule has 1 aliphatic carbocycles. The number of hydrogen-bond donors (Lipinski definition) is 1. The summed E-state index contributed by atoms with van der Waals surface area (Å²) in [5, 5.41) is 3.50. The number of rotatable bonds is 11. The molecule has 42 heavy (non-hydrogen) atoms. The van der Waals surface area contributed by atoms with E-state index in [-0.39, 0.29) is 23.4 Å². The monoisotopic (exact) mass is 613 g/mol. The Bertz CT molecular complexity index is 1480. The van der Waals surface area contributed by atoms with Gasteiger partial charge < -0.3 is 10.2 Å². The number of anilines is 1. The summed E-state index contributed by atoms with van der Waals surface area (Å²) in [6.45, 7) is 3.13. The molecule has 0 aliphatic heterocycles. The first-order valence-electron chi connectivity index (χ1n) is 14.3. The lowest BCUT2D eigenvalue weighted by Gasteiger charge is -2.34. The van der Waals surface area contributed by atoms with Gasteiger partial charge in [0.05, 0.1) is 10.6 Å². The molecule has 7 nitrogen and oxygen atoms in total. The zero-order valence-corrected chi connectivity index (χ0v) is 25.5. The van der Waals surface area contributed by atoms with Gasteiger partial charge in [0.1, 0.15) is 18.4 Å². The molecule has 0 aromatic heterocycles. The van der Waals surface area contributed by atoms with E-state index in [1.165, 1.54) is 41.3 Å². The van der Waals surface area contributed by atoms with Crippen LogP contribution in [0, 0.1) is 12.7 Å². The molecule has 1 unspecified atom stereocenters. The molecule has 0 saturated heterocycles. The van der Waals surface area contributed by atoms with E-state index < -0.39 is 34.3 Å². The predicted octanol–water partition coefficient (Wildman–Crippen LogP) is 6.24. The Morgan fingerprint density at radius 2 is 1.67 bits per heavy atom. The molecule has 3 aromatic carbocycles. The highest BCUT2D eigenvalue weighted by Crippen LogP contribution is 2.27. The largest absolute Gasteiger partial charge is 0.352 e. The van der Waals surface area contributed by atoms with E-state index in [0.29, 0.717) is 22.7 Å². The second kappa shape index (κ2) is 14.2. The van der Waals surface area contributed by atoms with E-state index in [1.807, 2.05) is 19.9 Å². The molecule has 1 atom stereocenters. The molecule has 1 aliphatic rings. The lowest BCUT2D eigenvalue weighted by molar-refractivity contribution is -0.140. The Morgan fingerprint density at radius 3 is 2.29 bits per heavy atom. The number of benzene rings is 3. The van der Waals surface area contributed by atoms with E-state index >= 15 is 0 Å². The molecule has 2 amide bonds. The van der Waals surface area contributed by atoms with Gasteiger partial charge in [-0.05, 0) is 85.8 Å². The van der Waals surface area contributed by atoms with Gasteiger partial charge in [0.25, 0.3) is 10.0 Å². The molecule has 0 bridgehead atoms. The standard InChI is InChI=1S/C32H37ClFN3O4S/c1-3-30(32(39)35-27-9-5-4-6-10-27)36(21-24-12-16-26(34)17-13-24)31(38)22-37(28-11-7-8-23(2)20-28)42(40,41)29-18-14-25(33)15-19-29/h7-8,11-20,27,30H,3-6,9-10,21-22H2,1-2H3,(H,35,39). The molecule has 0 spiro atoms. The summed E-state index contributed by atoms with van der Waals surface area (Å²) in [7, 11) is -4.19. The third-order valence-electron chi connectivity index (χ3n) is 7.57. The van der Waals surface area contributed by atoms with Gasteiger partial charge in [0.15, 0.2) is 0 Å². The lowest BCUT2D eigenvalue weighted by atomic mass is 9.95. The molecular formula is C32H37ClFN3O4S. The van der Waals surface area contributed by atoms with Gasteiger partial charge in [-0.3, -0.25) is 13.9 Å². The van der Waals surface area contributed by atoms with Gasteiger partial charge in [-0.1, -0.05) is 62.1 Å². The summed E-state index contributed by atoms with van der Waals surface area (Å²) in [5.41, 5.74) is 1.76. The molecule has 0 radical (unpaired) electrons. The van der Waals surface area contributed by atoms with E-state index in [0.717, 1.165) is 42.0 Å². The second-order valence-electron chi connectivity index (χ2n) is 10.7. The van der Waals surface area contributed by atoms with Crippen LogP contribution in [0.1, 0.15) is 56.6 Å². The van der Waals surface area contributed by atoms with Crippen LogP contribution in [0.25, 0.3) is 0 Å². The minimum absolute atomic E-state index is 0.0123. The van der Waals surface area contributed by atoms with Crippen LogP contribution in [0.2, 0.25) is 5.02 Å². The summed E-state index contributed by atoms with van der Waals surface area (Å²) < 4.78 is 42.6.